The summed E-state index contributed by atoms with van der Waals surface area (Å²) < 4.78 is 14.4. The van der Waals surface area contributed by atoms with Crippen molar-refractivity contribution in [1.29, 1.82) is 0 Å². The van der Waals surface area contributed by atoms with Gasteiger partial charge in [-0.25, -0.2) is 4.39 Å². The number of carbonyl (C=O) groups excluding carboxylic acids is 4. The Hall–Kier alpha value is -3.03. The topological polar surface area (TPSA) is 86.8 Å². The van der Waals surface area contributed by atoms with Crippen molar-refractivity contribution in [1.82, 2.24) is 15.1 Å². The molecular weight excluding hydrogens is 437 g/mol. The zero-order valence-corrected chi connectivity index (χ0v) is 19.5. The van der Waals surface area contributed by atoms with E-state index in [0.29, 0.717) is 18.4 Å². The number of nitrogens with zero attached hydrogens (tertiary/aromatic N) is 2. The van der Waals surface area contributed by atoms with Crippen LogP contribution in [0, 0.1) is 17.7 Å². The van der Waals surface area contributed by atoms with E-state index in [1.54, 1.807) is 25.1 Å². The number of fused-ring (bicyclic) bond motifs is 1. The minimum atomic E-state index is -0.815. The first kappa shape index (κ1) is 24.1. The van der Waals surface area contributed by atoms with Gasteiger partial charge in [0, 0.05) is 31.1 Å². The monoisotopic (exact) mass is 469 g/mol. The summed E-state index contributed by atoms with van der Waals surface area (Å²) in [4.78, 5) is 54.2. The highest BCUT2D eigenvalue weighted by Gasteiger charge is 2.47. The number of nitrogens with one attached hydrogen (secondary N) is 1. The van der Waals surface area contributed by atoms with Gasteiger partial charge in [0.05, 0.1) is 11.8 Å². The molecule has 1 N–H and O–H groups in total. The quantitative estimate of drug-likeness (QED) is 0.469. The predicted octanol–water partition coefficient (Wildman–Crippen LogP) is 2.94. The van der Waals surface area contributed by atoms with Gasteiger partial charge in [-0.05, 0) is 38.7 Å². The number of hydrogen-bond donors (Lipinski definition) is 1. The van der Waals surface area contributed by atoms with Crippen LogP contribution in [0.3, 0.4) is 0 Å². The first-order valence-corrected chi connectivity index (χ1v) is 12.2. The molecule has 0 aromatic heterocycles. The molecule has 0 bridgehead atoms. The highest BCUT2D eigenvalue weighted by atomic mass is 19.1. The predicted molar refractivity (Wildman–Crippen MR) is 124 cm³/mol. The molecule has 3 aliphatic rings. The zero-order chi connectivity index (χ0) is 24.2. The summed E-state index contributed by atoms with van der Waals surface area (Å²) in [6, 6.07) is 5.43. The van der Waals surface area contributed by atoms with Gasteiger partial charge >= 0.3 is 0 Å². The standard InChI is InChI=1S/C26H32FN3O4/c1-17(24(32)28-19-9-3-4-10-19)30(16-18-8-2-7-13-22(18)27)23(31)14-15-29-25(33)20-11-5-6-12-21(20)26(29)34/h2,5-8,13,17,19-21H,3-4,9-12,14-16H2,1H3,(H,28,32)/t17-,20-,21+/m1/s1. The van der Waals surface area contributed by atoms with Crippen LogP contribution in [0.2, 0.25) is 0 Å². The molecule has 1 aliphatic heterocycles. The largest absolute Gasteiger partial charge is 0.352 e. The van der Waals surface area contributed by atoms with Crippen LogP contribution < -0.4 is 5.32 Å². The molecule has 1 aromatic rings. The van der Waals surface area contributed by atoms with Crippen LogP contribution in [0.4, 0.5) is 4.39 Å². The Morgan fingerprint density at radius 1 is 1.09 bits per heavy atom. The van der Waals surface area contributed by atoms with Crippen molar-refractivity contribution in [3.8, 4) is 0 Å². The Bertz CT molecular complexity index is 962. The molecule has 7 nitrogen and oxygen atoms in total. The molecule has 4 amide bonds. The third-order valence-corrected chi connectivity index (χ3v) is 7.32. The molecule has 0 radical (unpaired) electrons. The first-order valence-electron chi connectivity index (χ1n) is 12.2. The maximum Gasteiger partial charge on any atom is 0.242 e. The van der Waals surface area contributed by atoms with Crippen LogP contribution in [-0.2, 0) is 25.7 Å². The fraction of sp³-hybridized carbons (Fsp3) is 0.538. The number of carbonyl (C=O) groups is 4. The molecule has 1 saturated carbocycles. The Kier molecular flexibility index (Phi) is 7.44. The summed E-state index contributed by atoms with van der Waals surface area (Å²) in [6.07, 6.45) is 8.75. The lowest BCUT2D eigenvalue weighted by Crippen LogP contribution is -2.50. The van der Waals surface area contributed by atoms with E-state index in [1.807, 2.05) is 12.2 Å². The van der Waals surface area contributed by atoms with Crippen molar-refractivity contribution in [2.45, 2.75) is 70.5 Å². The van der Waals surface area contributed by atoms with Crippen LogP contribution in [0.15, 0.2) is 36.4 Å². The summed E-state index contributed by atoms with van der Waals surface area (Å²) in [5.41, 5.74) is 0.307. The second-order valence-electron chi connectivity index (χ2n) is 9.51. The number of rotatable bonds is 8. The number of likely N-dealkylation sites (tertiary alicyclic amines) is 1. The third kappa shape index (κ3) is 5.05. The van der Waals surface area contributed by atoms with Crippen molar-refractivity contribution < 1.29 is 23.6 Å². The fourth-order valence-electron chi connectivity index (χ4n) is 5.23. The molecule has 2 aliphatic carbocycles. The Morgan fingerprint density at radius 2 is 1.71 bits per heavy atom. The van der Waals surface area contributed by atoms with Crippen LogP contribution in [0.5, 0.6) is 0 Å². The number of halogens is 1. The highest BCUT2D eigenvalue weighted by Crippen LogP contribution is 2.35. The molecular formula is C26H32FN3O4. The lowest BCUT2D eigenvalue weighted by atomic mass is 9.85. The lowest BCUT2D eigenvalue weighted by molar-refractivity contribution is -0.144. The Labute approximate surface area is 199 Å². The van der Waals surface area contributed by atoms with Gasteiger partial charge in [0.1, 0.15) is 11.9 Å². The van der Waals surface area contributed by atoms with E-state index in [2.05, 4.69) is 5.32 Å². The number of allylic oxidation sites excluding steroid dienone is 2. The van der Waals surface area contributed by atoms with Gasteiger partial charge in [0.15, 0.2) is 0 Å². The molecule has 2 fully saturated rings. The SMILES string of the molecule is C[C@H](C(=O)NC1CCCC1)N(Cc1ccccc1F)C(=O)CCN1C(=O)[C@H]2CC=CC[C@H]2C1=O. The lowest BCUT2D eigenvalue weighted by Gasteiger charge is -2.30. The number of amides is 4. The number of benzene rings is 1. The maximum atomic E-state index is 14.4. The van der Waals surface area contributed by atoms with Gasteiger partial charge in [-0.1, -0.05) is 43.2 Å². The second kappa shape index (κ2) is 10.5. The minimum Gasteiger partial charge on any atom is -0.352 e. The number of hydrogen-bond acceptors (Lipinski definition) is 4. The van der Waals surface area contributed by atoms with Gasteiger partial charge in [-0.2, -0.15) is 0 Å². The Balaban J connectivity index is 1.45. The van der Waals surface area contributed by atoms with E-state index in [0.717, 1.165) is 25.7 Å². The van der Waals surface area contributed by atoms with Crippen LogP contribution >= 0.6 is 0 Å². The van der Waals surface area contributed by atoms with E-state index in [1.165, 1.54) is 15.9 Å². The molecule has 0 spiro atoms. The van der Waals surface area contributed by atoms with E-state index < -0.39 is 17.8 Å². The van der Waals surface area contributed by atoms with Crippen LogP contribution in [0.1, 0.15) is 57.4 Å². The van der Waals surface area contributed by atoms with Gasteiger partial charge in [0.2, 0.25) is 23.6 Å². The van der Waals surface area contributed by atoms with E-state index in [-0.39, 0.29) is 55.1 Å². The molecule has 0 unspecified atom stereocenters. The molecule has 34 heavy (non-hydrogen) atoms. The van der Waals surface area contributed by atoms with Crippen molar-refractivity contribution in [3.05, 3.63) is 47.8 Å². The third-order valence-electron chi connectivity index (χ3n) is 7.32. The summed E-state index contributed by atoms with van der Waals surface area (Å²) in [5, 5.41) is 3.01. The number of imide groups is 1. The molecule has 1 saturated heterocycles. The van der Waals surface area contributed by atoms with Gasteiger partial charge in [-0.3, -0.25) is 24.1 Å². The average Bonchev–Trinajstić information content (AvgIpc) is 3.43. The van der Waals surface area contributed by atoms with Crippen molar-refractivity contribution in [3.63, 3.8) is 0 Å². The van der Waals surface area contributed by atoms with Crippen LogP contribution in [0.25, 0.3) is 0 Å². The Morgan fingerprint density at radius 3 is 2.32 bits per heavy atom. The molecule has 8 heteroatoms. The molecule has 3 atom stereocenters. The summed E-state index contributed by atoms with van der Waals surface area (Å²) in [7, 11) is 0. The normalized spacial score (nSPS) is 23.2. The summed E-state index contributed by atoms with van der Waals surface area (Å²) in [6.45, 7) is 1.53. The van der Waals surface area contributed by atoms with E-state index in [9.17, 15) is 23.6 Å². The van der Waals surface area contributed by atoms with Crippen molar-refractivity contribution in [2.75, 3.05) is 6.54 Å². The molecule has 1 heterocycles. The van der Waals surface area contributed by atoms with Gasteiger partial charge < -0.3 is 10.2 Å². The van der Waals surface area contributed by atoms with Crippen LogP contribution in [-0.4, -0.2) is 52.1 Å². The molecule has 4 rings (SSSR count). The summed E-state index contributed by atoms with van der Waals surface area (Å²) in [5.74, 6) is -2.30. The second-order valence-corrected chi connectivity index (χ2v) is 9.51. The van der Waals surface area contributed by atoms with Gasteiger partial charge in [-0.15, -0.1) is 0 Å². The minimum absolute atomic E-state index is 0.0335. The molecule has 182 valence electrons. The molecule has 1 aromatic carbocycles. The average molecular weight is 470 g/mol. The highest BCUT2D eigenvalue weighted by molar-refractivity contribution is 6.05. The summed E-state index contributed by atoms with van der Waals surface area (Å²) >= 11 is 0. The smallest absolute Gasteiger partial charge is 0.242 e. The first-order chi connectivity index (χ1) is 16.4. The van der Waals surface area contributed by atoms with Crippen molar-refractivity contribution in [2.24, 2.45) is 11.8 Å². The maximum absolute atomic E-state index is 14.4. The van der Waals surface area contributed by atoms with E-state index in [4.69, 9.17) is 0 Å². The van der Waals surface area contributed by atoms with Crippen molar-refractivity contribution >= 4 is 23.6 Å². The van der Waals surface area contributed by atoms with Gasteiger partial charge in [0.25, 0.3) is 0 Å². The fourth-order valence-corrected chi connectivity index (χ4v) is 5.23. The van der Waals surface area contributed by atoms with E-state index >= 15 is 0 Å². The zero-order valence-electron chi connectivity index (χ0n) is 19.5.